The van der Waals surface area contributed by atoms with Gasteiger partial charge in [-0.15, -0.1) is 0 Å². The van der Waals surface area contributed by atoms with E-state index in [0.717, 1.165) is 30.7 Å². The third-order valence-electron chi connectivity index (χ3n) is 8.56. The molecule has 1 saturated heterocycles. The smallest absolute Gasteiger partial charge is 0.134 e. The molecule has 2 atom stereocenters. The van der Waals surface area contributed by atoms with Gasteiger partial charge in [0.1, 0.15) is 25.3 Å². The largest absolute Gasteiger partial charge is 1.00 e. The summed E-state index contributed by atoms with van der Waals surface area (Å²) >= 11 is 0. The molecule has 0 unspecified atom stereocenters. The zero-order chi connectivity index (χ0) is 25.5. The third kappa shape index (κ3) is 19.3. The van der Waals surface area contributed by atoms with Gasteiger partial charge in [0.2, 0.25) is 0 Å². The van der Waals surface area contributed by atoms with Crippen molar-refractivity contribution in [2.75, 3.05) is 26.2 Å². The van der Waals surface area contributed by atoms with E-state index in [1.54, 1.807) is 0 Å². The fourth-order valence-corrected chi connectivity index (χ4v) is 6.16. The molecule has 3 nitrogen and oxygen atoms in total. The normalized spacial score (nSPS) is 19.0. The fraction of sp³-hybridized carbons (Fsp3) is 1.00. The molecule has 0 bridgehead atoms. The highest BCUT2D eigenvalue weighted by atomic mass is 35.5. The maximum absolute atomic E-state index is 10.3. The first-order valence-corrected chi connectivity index (χ1v) is 16.3. The van der Waals surface area contributed by atoms with Gasteiger partial charge in [-0.2, -0.15) is 0 Å². The van der Waals surface area contributed by atoms with Crippen molar-refractivity contribution < 1.29 is 27.1 Å². The Morgan fingerprint density at radius 1 is 0.417 bits per heavy atom. The summed E-state index contributed by atoms with van der Waals surface area (Å²) in [5.41, 5.74) is 0. The molecule has 0 aromatic carbocycles. The number of unbranched alkanes of at least 4 members (excludes halogenated alkanes) is 22. The first-order chi connectivity index (χ1) is 17.1. The van der Waals surface area contributed by atoms with Crippen molar-refractivity contribution in [2.45, 2.75) is 180 Å². The van der Waals surface area contributed by atoms with Crippen LogP contribution in [-0.2, 0) is 0 Å². The van der Waals surface area contributed by atoms with Gasteiger partial charge in [0.25, 0.3) is 0 Å². The van der Waals surface area contributed by atoms with Crippen LogP contribution in [0.2, 0.25) is 0 Å². The number of aliphatic hydroxyl groups excluding tert-OH is 2. The molecule has 0 aromatic heterocycles. The Morgan fingerprint density at radius 2 is 0.639 bits per heavy atom. The summed E-state index contributed by atoms with van der Waals surface area (Å²) in [6.07, 6.45) is 32.3. The molecular weight excluding hydrogens is 466 g/mol. The Hall–Kier alpha value is 0.170. The molecule has 0 radical (unpaired) electrons. The van der Waals surface area contributed by atoms with Crippen LogP contribution in [0.3, 0.4) is 0 Å². The number of hydrogen-bond donors (Lipinski definition) is 2. The van der Waals surface area contributed by atoms with Gasteiger partial charge in [0, 0.05) is 0 Å². The average molecular weight is 532 g/mol. The molecule has 36 heavy (non-hydrogen) atoms. The first-order valence-electron chi connectivity index (χ1n) is 16.3. The van der Waals surface area contributed by atoms with Crippen molar-refractivity contribution in [3.8, 4) is 0 Å². The lowest BCUT2D eigenvalue weighted by atomic mass is 10.0. The van der Waals surface area contributed by atoms with Crippen LogP contribution in [0.15, 0.2) is 0 Å². The van der Waals surface area contributed by atoms with E-state index in [1.807, 2.05) is 0 Å². The quantitative estimate of drug-likeness (QED) is 0.107. The number of rotatable bonds is 26. The molecular formula is C32H66ClNO2. The Kier molecular flexibility index (Phi) is 25.6. The summed E-state index contributed by atoms with van der Waals surface area (Å²) in [5.74, 6) is 0. The van der Waals surface area contributed by atoms with Crippen molar-refractivity contribution >= 4 is 0 Å². The zero-order valence-corrected chi connectivity index (χ0v) is 25.4. The minimum absolute atomic E-state index is 0. The summed E-state index contributed by atoms with van der Waals surface area (Å²) in [6, 6.07) is 0. The minimum Gasteiger partial charge on any atom is -1.00 e. The molecule has 1 heterocycles. The maximum atomic E-state index is 10.3. The number of likely N-dealkylation sites (tertiary alicyclic amines) is 1. The van der Waals surface area contributed by atoms with E-state index in [2.05, 4.69) is 13.8 Å². The second kappa shape index (κ2) is 25.4. The van der Waals surface area contributed by atoms with Crippen LogP contribution >= 0.6 is 0 Å². The predicted molar refractivity (Wildman–Crippen MR) is 154 cm³/mol. The molecule has 218 valence electrons. The highest BCUT2D eigenvalue weighted by Gasteiger charge is 2.42. The molecule has 0 aromatic rings. The van der Waals surface area contributed by atoms with E-state index >= 15 is 0 Å². The molecule has 0 amide bonds. The van der Waals surface area contributed by atoms with Gasteiger partial charge in [0.05, 0.1) is 13.1 Å². The van der Waals surface area contributed by atoms with E-state index in [-0.39, 0.29) is 12.4 Å². The van der Waals surface area contributed by atoms with Gasteiger partial charge in [-0.1, -0.05) is 142 Å². The molecule has 1 fully saturated rings. The molecule has 0 spiro atoms. The van der Waals surface area contributed by atoms with E-state index in [1.165, 1.54) is 154 Å². The summed E-state index contributed by atoms with van der Waals surface area (Å²) in [4.78, 5) is 0. The van der Waals surface area contributed by atoms with Crippen LogP contribution in [0, 0.1) is 0 Å². The average Bonchev–Trinajstić information content (AvgIpc) is 3.13. The molecule has 0 aliphatic carbocycles. The topological polar surface area (TPSA) is 40.5 Å². The number of aliphatic hydroxyl groups is 2. The van der Waals surface area contributed by atoms with Gasteiger partial charge in [-0.05, 0) is 25.7 Å². The maximum Gasteiger partial charge on any atom is 0.134 e. The number of halogens is 1. The lowest BCUT2D eigenvalue weighted by Crippen LogP contribution is -3.00. The highest BCUT2D eigenvalue weighted by molar-refractivity contribution is 4.75. The van der Waals surface area contributed by atoms with Crippen molar-refractivity contribution in [1.29, 1.82) is 0 Å². The van der Waals surface area contributed by atoms with Crippen molar-refractivity contribution in [2.24, 2.45) is 0 Å². The molecule has 1 aliphatic rings. The molecule has 1 aliphatic heterocycles. The van der Waals surface area contributed by atoms with Crippen LogP contribution in [0.1, 0.15) is 168 Å². The van der Waals surface area contributed by atoms with Crippen molar-refractivity contribution in [1.82, 2.24) is 0 Å². The Bertz CT molecular complexity index is 408. The van der Waals surface area contributed by atoms with Crippen LogP contribution in [-0.4, -0.2) is 53.1 Å². The third-order valence-corrected chi connectivity index (χ3v) is 8.56. The summed E-state index contributed by atoms with van der Waals surface area (Å²) < 4.78 is 0.970. The van der Waals surface area contributed by atoms with Crippen molar-refractivity contribution in [3.05, 3.63) is 0 Å². The summed E-state index contributed by atoms with van der Waals surface area (Å²) in [7, 11) is 0. The Morgan fingerprint density at radius 3 is 0.889 bits per heavy atom. The lowest BCUT2D eigenvalue weighted by Gasteiger charge is -2.34. The van der Waals surface area contributed by atoms with Gasteiger partial charge in [-0.3, -0.25) is 0 Å². The molecule has 2 N–H and O–H groups in total. The summed E-state index contributed by atoms with van der Waals surface area (Å²) in [5, 5.41) is 20.5. The molecule has 4 heteroatoms. The van der Waals surface area contributed by atoms with Gasteiger partial charge in [-0.25, -0.2) is 0 Å². The number of quaternary nitrogens is 1. The van der Waals surface area contributed by atoms with Crippen molar-refractivity contribution in [3.63, 3.8) is 0 Å². The van der Waals surface area contributed by atoms with E-state index in [0.29, 0.717) is 0 Å². The van der Waals surface area contributed by atoms with Crippen LogP contribution in [0.25, 0.3) is 0 Å². The van der Waals surface area contributed by atoms with E-state index in [4.69, 9.17) is 0 Å². The van der Waals surface area contributed by atoms with E-state index < -0.39 is 12.2 Å². The number of hydrogen-bond acceptors (Lipinski definition) is 2. The second-order valence-electron chi connectivity index (χ2n) is 12.1. The van der Waals surface area contributed by atoms with Gasteiger partial charge in [0.15, 0.2) is 0 Å². The van der Waals surface area contributed by atoms with E-state index in [9.17, 15) is 10.2 Å². The highest BCUT2D eigenvalue weighted by Crippen LogP contribution is 2.24. The second-order valence-corrected chi connectivity index (χ2v) is 12.1. The fourth-order valence-electron chi connectivity index (χ4n) is 6.16. The van der Waals surface area contributed by atoms with Crippen LogP contribution in [0.4, 0.5) is 0 Å². The zero-order valence-electron chi connectivity index (χ0n) is 24.7. The Balaban J connectivity index is 0.0000122. The lowest BCUT2D eigenvalue weighted by molar-refractivity contribution is -0.919. The predicted octanol–water partition coefficient (Wildman–Crippen LogP) is 5.94. The SMILES string of the molecule is CCCCCCCCCCCCCC[N+]1(CCCCCCCCCCCCCC)C[C@@H](O)[C@@H](O)C1.[Cl-]. The van der Waals surface area contributed by atoms with Gasteiger partial charge < -0.3 is 27.1 Å². The number of nitrogens with zero attached hydrogens (tertiary/aromatic N) is 1. The monoisotopic (exact) mass is 531 g/mol. The minimum atomic E-state index is -0.510. The molecule has 0 saturated carbocycles. The summed E-state index contributed by atoms with van der Waals surface area (Å²) in [6.45, 7) is 8.44. The van der Waals surface area contributed by atoms with Crippen LogP contribution in [0.5, 0.6) is 0 Å². The van der Waals surface area contributed by atoms with Crippen LogP contribution < -0.4 is 12.4 Å². The first kappa shape index (κ1) is 36.2. The standard InChI is InChI=1S/C32H66NO2.ClH/c1-3-5-7-9-11-13-15-17-19-21-23-25-27-33(29-31(34)32(35)30-33)28-26-24-22-20-18-16-14-12-10-8-6-4-2;/h31-32,34-35H,3-30H2,1-2H3;1H/q+1;/p-1/t31-,32+;. The van der Waals surface area contributed by atoms with Gasteiger partial charge >= 0.3 is 0 Å². The Labute approximate surface area is 233 Å². The molecule has 1 rings (SSSR count).